The molecule has 0 unspecified atom stereocenters. The summed E-state index contributed by atoms with van der Waals surface area (Å²) in [6, 6.07) is 0. The van der Waals surface area contributed by atoms with E-state index in [1.807, 2.05) is 0 Å². The van der Waals surface area contributed by atoms with Gasteiger partial charge in [-0.15, -0.1) is 0 Å². The molecule has 0 heterocycles. The summed E-state index contributed by atoms with van der Waals surface area (Å²) in [7, 11) is -3.99. The maximum atomic E-state index is 12.1. The van der Waals surface area contributed by atoms with Crippen molar-refractivity contribution in [2.45, 2.75) is 83.8 Å². The Morgan fingerprint density at radius 1 is 1.09 bits per heavy atom. The smallest absolute Gasteiger partial charge is 0.479 e. The molecule has 192 valence electrons. The van der Waals surface area contributed by atoms with Crippen molar-refractivity contribution < 1.29 is 46.7 Å². The van der Waals surface area contributed by atoms with Gasteiger partial charge in [-0.1, -0.05) is 20.3 Å². The van der Waals surface area contributed by atoms with Crippen molar-refractivity contribution >= 4 is 28.1 Å². The highest BCUT2D eigenvalue weighted by Gasteiger charge is 2.50. The number of nitrogens with one attached hydrogen (secondary N) is 1. The number of hydrogen-bond acceptors (Lipinski definition) is 9. The van der Waals surface area contributed by atoms with Crippen molar-refractivity contribution in [3.05, 3.63) is 0 Å². The van der Waals surface area contributed by atoms with E-state index in [0.717, 1.165) is 32.1 Å². The van der Waals surface area contributed by atoms with Gasteiger partial charge in [0.2, 0.25) is 5.91 Å². The Labute approximate surface area is 195 Å². The van der Waals surface area contributed by atoms with Crippen LogP contribution in [0.2, 0.25) is 0 Å². The molecule has 11 nitrogen and oxygen atoms in total. The first kappa shape index (κ1) is 29.1. The van der Waals surface area contributed by atoms with Crippen molar-refractivity contribution in [2.24, 2.45) is 5.41 Å². The second-order valence-corrected chi connectivity index (χ2v) is 10.7. The molecule has 3 N–H and O–H groups in total. The van der Waals surface area contributed by atoms with Crippen LogP contribution in [0.15, 0.2) is 0 Å². The van der Waals surface area contributed by atoms with Crippen molar-refractivity contribution in [2.75, 3.05) is 25.5 Å². The Morgan fingerprint density at radius 2 is 1.73 bits per heavy atom. The van der Waals surface area contributed by atoms with Crippen LogP contribution in [0.5, 0.6) is 0 Å². The van der Waals surface area contributed by atoms with E-state index in [2.05, 4.69) is 5.32 Å². The second kappa shape index (κ2) is 13.1. The molecule has 12 heteroatoms. The molecule has 0 radical (unpaired) electrons. The first-order valence-electron chi connectivity index (χ1n) is 11.2. The van der Waals surface area contributed by atoms with Crippen molar-refractivity contribution in [1.82, 2.24) is 5.32 Å². The number of carbonyl (C=O) groups is 3. The van der Waals surface area contributed by atoms with Crippen LogP contribution >= 0.6 is 0 Å². The molecule has 1 amide bonds. The molecule has 0 aromatic carbocycles. The van der Waals surface area contributed by atoms with Gasteiger partial charge in [0.05, 0.1) is 19.0 Å². The summed E-state index contributed by atoms with van der Waals surface area (Å²) in [5.74, 6) is -2.19. The first-order chi connectivity index (χ1) is 15.3. The normalized spacial score (nSPS) is 17.1. The summed E-state index contributed by atoms with van der Waals surface area (Å²) in [5, 5.41) is 22.9. The van der Waals surface area contributed by atoms with E-state index in [1.165, 1.54) is 20.8 Å². The molecular formula is C21H37NO10S. The lowest BCUT2D eigenvalue weighted by molar-refractivity contribution is -0.177. The second-order valence-electron chi connectivity index (χ2n) is 8.99. The molecule has 1 aliphatic carbocycles. The third kappa shape index (κ3) is 10.3. The van der Waals surface area contributed by atoms with Crippen LogP contribution in [0.3, 0.4) is 0 Å². The van der Waals surface area contributed by atoms with Gasteiger partial charge in [-0.25, -0.2) is 9.59 Å². The van der Waals surface area contributed by atoms with Gasteiger partial charge in [-0.3, -0.25) is 8.98 Å². The minimum atomic E-state index is -3.99. The molecular weight excluding hydrogens is 458 g/mol. The molecule has 0 aromatic rings. The van der Waals surface area contributed by atoms with E-state index in [-0.39, 0.29) is 50.2 Å². The molecule has 0 aliphatic heterocycles. The van der Waals surface area contributed by atoms with Gasteiger partial charge in [0.25, 0.3) is 10.1 Å². The summed E-state index contributed by atoms with van der Waals surface area (Å²) < 4.78 is 39.3. The molecule has 1 fully saturated rings. The van der Waals surface area contributed by atoms with E-state index in [4.69, 9.17) is 13.7 Å². The van der Waals surface area contributed by atoms with E-state index in [0.29, 0.717) is 0 Å². The van der Waals surface area contributed by atoms with Crippen LogP contribution in [0.1, 0.15) is 72.1 Å². The summed E-state index contributed by atoms with van der Waals surface area (Å²) in [6.07, 6.45) is 3.54. The molecule has 33 heavy (non-hydrogen) atoms. The lowest BCUT2D eigenvalue weighted by Gasteiger charge is -2.38. The van der Waals surface area contributed by atoms with Gasteiger partial charge in [0, 0.05) is 18.9 Å². The minimum absolute atomic E-state index is 0.0233. The molecule has 0 spiro atoms. The van der Waals surface area contributed by atoms with Crippen LogP contribution in [0, 0.1) is 5.41 Å². The van der Waals surface area contributed by atoms with E-state index in [1.54, 1.807) is 0 Å². The van der Waals surface area contributed by atoms with Gasteiger partial charge in [0.15, 0.2) is 5.60 Å². The Balaban J connectivity index is 2.52. The zero-order valence-corrected chi connectivity index (χ0v) is 20.4. The summed E-state index contributed by atoms with van der Waals surface area (Å²) >= 11 is 0. The van der Waals surface area contributed by atoms with Crippen LogP contribution in [-0.4, -0.2) is 73.9 Å². The first-order valence-corrected chi connectivity index (χ1v) is 12.8. The zero-order valence-electron chi connectivity index (χ0n) is 19.6. The fraction of sp³-hybridized carbons (Fsp3) is 0.857. The molecule has 1 aliphatic rings. The number of ether oxygens (including phenoxy) is 2. The lowest BCUT2D eigenvalue weighted by Crippen LogP contribution is -2.54. The standard InChI is InChI=1S/C21H37NO10S/c1-16(23)22-12-8-14-33(28,29)31-15-20(2,3)21(27,18(24)25)11-7-13-30-19(26)32-17-9-5-4-6-10-17/h17,27H,4-15H2,1-3H3,(H,22,23)(H,24,25)/t21-/m0/s1. The number of aliphatic carboxylic acids is 1. The summed E-state index contributed by atoms with van der Waals surface area (Å²) in [4.78, 5) is 34.4. The van der Waals surface area contributed by atoms with E-state index < -0.39 is 39.9 Å². The number of carboxylic acids is 1. The van der Waals surface area contributed by atoms with Crippen molar-refractivity contribution in [3.63, 3.8) is 0 Å². The highest BCUT2D eigenvalue weighted by Crippen LogP contribution is 2.36. The van der Waals surface area contributed by atoms with E-state index in [9.17, 15) is 33.0 Å². The minimum Gasteiger partial charge on any atom is -0.479 e. The summed E-state index contributed by atoms with van der Waals surface area (Å²) in [6.45, 7) is 3.51. The van der Waals surface area contributed by atoms with Gasteiger partial charge in [0.1, 0.15) is 6.10 Å². The Hall–Kier alpha value is -1.92. The fourth-order valence-electron chi connectivity index (χ4n) is 3.50. The van der Waals surface area contributed by atoms with Gasteiger partial charge >= 0.3 is 12.1 Å². The van der Waals surface area contributed by atoms with E-state index >= 15 is 0 Å². The maximum Gasteiger partial charge on any atom is 0.508 e. The van der Waals surface area contributed by atoms with Gasteiger partial charge in [-0.2, -0.15) is 8.42 Å². The third-order valence-electron chi connectivity index (χ3n) is 5.74. The lowest BCUT2D eigenvalue weighted by atomic mass is 9.73. The predicted octanol–water partition coefficient (Wildman–Crippen LogP) is 1.97. The fourth-order valence-corrected chi connectivity index (χ4v) is 4.59. The predicted molar refractivity (Wildman–Crippen MR) is 118 cm³/mol. The van der Waals surface area contributed by atoms with Crippen LogP contribution in [-0.2, 0) is 33.4 Å². The molecule has 1 atom stereocenters. The Bertz CT molecular complexity index is 761. The van der Waals surface area contributed by atoms with Gasteiger partial charge < -0.3 is 25.0 Å². The number of rotatable bonds is 14. The molecule has 0 aromatic heterocycles. The number of carboxylic acid groups (broad SMARTS) is 1. The average molecular weight is 496 g/mol. The Morgan fingerprint density at radius 3 is 2.30 bits per heavy atom. The Kier molecular flexibility index (Phi) is 11.5. The van der Waals surface area contributed by atoms with Crippen LogP contribution in [0.4, 0.5) is 4.79 Å². The third-order valence-corrected chi connectivity index (χ3v) is 7.00. The maximum absolute atomic E-state index is 12.1. The highest BCUT2D eigenvalue weighted by molar-refractivity contribution is 7.86. The number of hydrogen-bond donors (Lipinski definition) is 3. The molecule has 0 saturated heterocycles. The SMILES string of the molecule is CC(=O)NCCCS(=O)(=O)OCC(C)(C)[C@](O)(CCCOC(=O)OC1CCCCC1)C(=O)O. The monoisotopic (exact) mass is 495 g/mol. The van der Waals surface area contributed by atoms with Crippen molar-refractivity contribution in [1.29, 1.82) is 0 Å². The summed E-state index contributed by atoms with van der Waals surface area (Å²) in [5.41, 5.74) is -3.80. The van der Waals surface area contributed by atoms with Crippen LogP contribution in [0.25, 0.3) is 0 Å². The molecule has 0 bridgehead atoms. The molecule has 1 rings (SSSR count). The quantitative estimate of drug-likeness (QED) is 0.184. The molecule has 1 saturated carbocycles. The number of carbonyl (C=O) groups excluding carboxylic acids is 2. The van der Waals surface area contributed by atoms with Crippen molar-refractivity contribution in [3.8, 4) is 0 Å². The zero-order chi connectivity index (χ0) is 25.1. The largest absolute Gasteiger partial charge is 0.508 e. The van der Waals surface area contributed by atoms with Gasteiger partial charge in [-0.05, 0) is 44.9 Å². The number of amides is 1. The van der Waals surface area contributed by atoms with Crippen LogP contribution < -0.4 is 5.32 Å². The number of aliphatic hydroxyl groups is 1. The highest BCUT2D eigenvalue weighted by atomic mass is 32.2. The average Bonchev–Trinajstić information content (AvgIpc) is 2.73. The topological polar surface area (TPSA) is 166 Å².